The highest BCUT2D eigenvalue weighted by molar-refractivity contribution is 5.60. The van der Waals surface area contributed by atoms with Gasteiger partial charge in [-0.15, -0.1) is 0 Å². The third-order valence-corrected chi connectivity index (χ3v) is 2.48. The molecule has 0 unspecified atom stereocenters. The van der Waals surface area contributed by atoms with Crippen molar-refractivity contribution in [2.24, 2.45) is 5.41 Å². The summed E-state index contributed by atoms with van der Waals surface area (Å²) in [6, 6.07) is 0. The quantitative estimate of drug-likeness (QED) is 0.590. The zero-order valence-electron chi connectivity index (χ0n) is 9.52. The van der Waals surface area contributed by atoms with Crippen LogP contribution in [0.3, 0.4) is 0 Å². The molecule has 0 amide bonds. The first-order valence-electron chi connectivity index (χ1n) is 5.26. The van der Waals surface area contributed by atoms with Gasteiger partial charge in [0.15, 0.2) is 0 Å². The monoisotopic (exact) mass is 236 g/mol. The highest BCUT2D eigenvalue weighted by Crippen LogP contribution is 2.18. The smallest absolute Gasteiger partial charge is 0.434 e. The fourth-order valence-electron chi connectivity index (χ4n) is 0.897. The lowest BCUT2D eigenvalue weighted by molar-refractivity contribution is 0.00303. The summed E-state index contributed by atoms with van der Waals surface area (Å²) >= 11 is 0. The molecule has 0 bridgehead atoms. The molecule has 1 fully saturated rings. The van der Waals surface area contributed by atoms with E-state index < -0.39 is 11.6 Å². The summed E-state index contributed by atoms with van der Waals surface area (Å²) in [5.74, 6) is 0. The van der Waals surface area contributed by atoms with Gasteiger partial charge >= 0.3 is 6.16 Å². The number of aliphatic hydroxyl groups is 3. The normalized spacial score (nSPS) is 15.6. The molecule has 0 aromatic heterocycles. The van der Waals surface area contributed by atoms with Crippen molar-refractivity contribution < 1.29 is 29.6 Å². The molecular formula is C10H20O6. The lowest BCUT2D eigenvalue weighted by atomic mass is 9.88. The highest BCUT2D eigenvalue weighted by Gasteiger charge is 2.24. The summed E-state index contributed by atoms with van der Waals surface area (Å²) in [5, 5.41) is 26.0. The molecule has 1 heterocycles. The van der Waals surface area contributed by atoms with Crippen LogP contribution < -0.4 is 0 Å². The number of hydrogen-bond donors (Lipinski definition) is 3. The van der Waals surface area contributed by atoms with Crippen LogP contribution in [0.15, 0.2) is 0 Å². The van der Waals surface area contributed by atoms with E-state index in [2.05, 4.69) is 9.47 Å². The summed E-state index contributed by atoms with van der Waals surface area (Å²) in [5.41, 5.74) is -0.667. The Morgan fingerprint density at radius 1 is 1.12 bits per heavy atom. The second-order valence-electron chi connectivity index (χ2n) is 3.63. The van der Waals surface area contributed by atoms with Crippen LogP contribution in [0.5, 0.6) is 0 Å². The topological polar surface area (TPSA) is 96.2 Å². The number of carbonyl (C=O) groups is 1. The van der Waals surface area contributed by atoms with E-state index in [1.807, 2.05) is 6.92 Å². The first kappa shape index (κ1) is 15.2. The third-order valence-electron chi connectivity index (χ3n) is 2.48. The molecule has 0 saturated carbocycles. The second-order valence-corrected chi connectivity index (χ2v) is 3.63. The van der Waals surface area contributed by atoms with Gasteiger partial charge in [0.25, 0.3) is 0 Å². The van der Waals surface area contributed by atoms with Crippen LogP contribution in [0.2, 0.25) is 0 Å². The van der Waals surface area contributed by atoms with Gasteiger partial charge in [-0.25, -0.2) is 4.79 Å². The van der Waals surface area contributed by atoms with E-state index >= 15 is 0 Å². The minimum absolute atomic E-state index is 0.156. The average Bonchev–Trinajstić information content (AvgIpc) is 2.35. The molecule has 1 rings (SSSR count). The molecular weight excluding hydrogens is 216 g/mol. The van der Waals surface area contributed by atoms with E-state index in [1.165, 1.54) is 0 Å². The van der Waals surface area contributed by atoms with Crippen molar-refractivity contribution in [1.29, 1.82) is 0 Å². The highest BCUT2D eigenvalue weighted by atomic mass is 16.7. The van der Waals surface area contributed by atoms with Gasteiger partial charge in [-0.2, -0.15) is 0 Å². The van der Waals surface area contributed by atoms with Crippen molar-refractivity contribution in [2.75, 3.05) is 33.0 Å². The summed E-state index contributed by atoms with van der Waals surface area (Å²) in [6.07, 6.45) is 0.883. The summed E-state index contributed by atoms with van der Waals surface area (Å²) in [6.45, 7) is 2.38. The fourth-order valence-corrected chi connectivity index (χ4v) is 0.897. The van der Waals surface area contributed by atoms with Crippen molar-refractivity contribution in [2.45, 2.75) is 19.8 Å². The zero-order chi connectivity index (χ0) is 12.4. The van der Waals surface area contributed by atoms with Crippen LogP contribution in [0.25, 0.3) is 0 Å². The largest absolute Gasteiger partial charge is 0.508 e. The summed E-state index contributed by atoms with van der Waals surface area (Å²) in [4.78, 5) is 10.0. The Bertz CT molecular complexity index is 164. The molecule has 1 aliphatic rings. The van der Waals surface area contributed by atoms with Crippen LogP contribution in [0, 0.1) is 5.41 Å². The fraction of sp³-hybridized carbons (Fsp3) is 0.900. The maximum atomic E-state index is 10.0. The Hall–Kier alpha value is -0.850. The molecule has 0 radical (unpaired) electrons. The third kappa shape index (κ3) is 5.29. The van der Waals surface area contributed by atoms with Gasteiger partial charge in [-0.3, -0.25) is 0 Å². The van der Waals surface area contributed by atoms with Gasteiger partial charge < -0.3 is 24.8 Å². The van der Waals surface area contributed by atoms with E-state index in [0.29, 0.717) is 19.6 Å². The van der Waals surface area contributed by atoms with Crippen molar-refractivity contribution in [1.82, 2.24) is 0 Å². The molecule has 0 spiro atoms. The van der Waals surface area contributed by atoms with Crippen molar-refractivity contribution >= 4 is 6.16 Å². The molecule has 96 valence electrons. The molecule has 0 aromatic carbocycles. The SMILES string of the molecule is CCC(CO)(CO)CO.O=C1OCCCO1. The second kappa shape index (κ2) is 8.32. The Morgan fingerprint density at radius 3 is 1.69 bits per heavy atom. The lowest BCUT2D eigenvalue weighted by Crippen LogP contribution is -2.32. The van der Waals surface area contributed by atoms with Crippen molar-refractivity contribution in [3.63, 3.8) is 0 Å². The van der Waals surface area contributed by atoms with Crippen LogP contribution in [0.1, 0.15) is 19.8 Å². The Labute approximate surface area is 94.8 Å². The van der Waals surface area contributed by atoms with E-state index in [9.17, 15) is 4.79 Å². The van der Waals surface area contributed by atoms with Gasteiger partial charge in [-0.05, 0) is 6.42 Å². The number of aliphatic hydroxyl groups excluding tert-OH is 3. The molecule has 0 atom stereocenters. The first-order chi connectivity index (χ1) is 7.64. The molecule has 6 nitrogen and oxygen atoms in total. The molecule has 0 aromatic rings. The van der Waals surface area contributed by atoms with Gasteiger partial charge in [0.05, 0.1) is 33.0 Å². The Morgan fingerprint density at radius 2 is 1.56 bits per heavy atom. The predicted octanol–water partition coefficient (Wildman–Crippen LogP) is -0.0970. The van der Waals surface area contributed by atoms with E-state index in [4.69, 9.17) is 15.3 Å². The molecule has 1 aliphatic heterocycles. The van der Waals surface area contributed by atoms with Crippen molar-refractivity contribution in [3.05, 3.63) is 0 Å². The van der Waals surface area contributed by atoms with Gasteiger partial charge in [0.2, 0.25) is 0 Å². The molecule has 16 heavy (non-hydrogen) atoms. The predicted molar refractivity (Wildman–Crippen MR) is 55.9 cm³/mol. The zero-order valence-corrected chi connectivity index (χ0v) is 9.52. The number of carbonyl (C=O) groups excluding carboxylic acids is 1. The van der Waals surface area contributed by atoms with Crippen molar-refractivity contribution in [3.8, 4) is 0 Å². The maximum Gasteiger partial charge on any atom is 0.508 e. The molecule has 0 aliphatic carbocycles. The Kier molecular flexibility index (Phi) is 7.88. The van der Waals surface area contributed by atoms with Crippen LogP contribution in [0.4, 0.5) is 4.79 Å². The standard InChI is InChI=1S/C6H14O3.C4H6O3/c1-2-6(3-7,4-8)5-9;5-4-6-2-1-3-7-4/h7-9H,2-5H2,1H3;1-3H2. The van der Waals surface area contributed by atoms with Gasteiger partial charge in [-0.1, -0.05) is 6.92 Å². The maximum absolute atomic E-state index is 10.0. The van der Waals surface area contributed by atoms with Gasteiger partial charge in [0.1, 0.15) is 0 Å². The van der Waals surface area contributed by atoms with E-state index in [-0.39, 0.29) is 19.8 Å². The number of hydrogen-bond acceptors (Lipinski definition) is 6. The molecule has 3 N–H and O–H groups in total. The van der Waals surface area contributed by atoms with Crippen LogP contribution in [-0.4, -0.2) is 54.5 Å². The van der Waals surface area contributed by atoms with Crippen LogP contribution >= 0.6 is 0 Å². The average molecular weight is 236 g/mol. The van der Waals surface area contributed by atoms with E-state index in [1.54, 1.807) is 0 Å². The minimum Gasteiger partial charge on any atom is -0.434 e. The van der Waals surface area contributed by atoms with Gasteiger partial charge in [0, 0.05) is 11.8 Å². The minimum atomic E-state index is -0.667. The summed E-state index contributed by atoms with van der Waals surface area (Å²) < 4.78 is 8.83. The molecule has 1 saturated heterocycles. The molecule has 6 heteroatoms. The summed E-state index contributed by atoms with van der Waals surface area (Å²) in [7, 11) is 0. The number of cyclic esters (lactones) is 2. The van der Waals surface area contributed by atoms with Crippen LogP contribution in [-0.2, 0) is 9.47 Å². The number of rotatable bonds is 4. The van der Waals surface area contributed by atoms with E-state index in [0.717, 1.165) is 6.42 Å². The first-order valence-corrected chi connectivity index (χ1v) is 5.26. The number of ether oxygens (including phenoxy) is 2. The Balaban J connectivity index is 0.000000288. The lowest BCUT2D eigenvalue weighted by Gasteiger charge is -2.24.